The SMILES string of the molecule is CCCCCC/C=C\CCCCCCCCCC(=O)OC(CCCCCCCCC/C=C/CCCCCCCC)CC(=O)NC(CO)C(O)CCCCCCCCCCCC. The van der Waals surface area contributed by atoms with Gasteiger partial charge in [0.1, 0.15) is 6.10 Å². The zero-order valence-corrected chi connectivity index (χ0v) is 41.1. The second kappa shape index (κ2) is 49.4. The number of ether oxygens (including phenoxy) is 1. The number of hydrogen-bond donors (Lipinski definition) is 3. The van der Waals surface area contributed by atoms with Crippen molar-refractivity contribution in [3.8, 4) is 0 Å². The molecule has 61 heavy (non-hydrogen) atoms. The number of carbonyl (C=O) groups excluding carboxylic acids is 2. The Bertz CT molecular complexity index is 966. The lowest BCUT2D eigenvalue weighted by Gasteiger charge is -2.24. The Morgan fingerprint density at radius 1 is 0.459 bits per heavy atom. The van der Waals surface area contributed by atoms with Crippen LogP contribution < -0.4 is 5.32 Å². The summed E-state index contributed by atoms with van der Waals surface area (Å²) < 4.78 is 5.95. The van der Waals surface area contributed by atoms with Crippen molar-refractivity contribution in [1.82, 2.24) is 5.32 Å². The quantitative estimate of drug-likeness (QED) is 0.0322. The van der Waals surface area contributed by atoms with Gasteiger partial charge in [-0.05, 0) is 77.0 Å². The van der Waals surface area contributed by atoms with E-state index in [9.17, 15) is 19.8 Å². The zero-order chi connectivity index (χ0) is 44.5. The average molecular weight is 860 g/mol. The molecule has 0 spiro atoms. The van der Waals surface area contributed by atoms with Crippen LogP contribution in [0.5, 0.6) is 0 Å². The average Bonchev–Trinajstić information content (AvgIpc) is 3.25. The van der Waals surface area contributed by atoms with Gasteiger partial charge in [0, 0.05) is 6.42 Å². The van der Waals surface area contributed by atoms with Gasteiger partial charge in [-0.2, -0.15) is 0 Å². The molecule has 6 nitrogen and oxygen atoms in total. The molecule has 0 rings (SSSR count). The van der Waals surface area contributed by atoms with Crippen molar-refractivity contribution in [2.24, 2.45) is 0 Å². The van der Waals surface area contributed by atoms with Gasteiger partial charge in [-0.15, -0.1) is 0 Å². The van der Waals surface area contributed by atoms with E-state index in [1.54, 1.807) is 0 Å². The maximum absolute atomic E-state index is 13.2. The highest BCUT2D eigenvalue weighted by atomic mass is 16.5. The standard InChI is InChI=1S/C55H105NO5/c1-4-7-10-13-16-19-22-24-26-27-29-30-32-34-37-40-43-46-51(61-55(60)48-45-42-39-36-33-31-28-25-23-20-17-14-11-8-5-2)49-54(59)56-52(50-57)53(58)47-44-41-38-35-21-18-15-12-9-6-3/h20,23-24,26,51-53,57-58H,4-19,21-22,25,27-50H2,1-3H3,(H,56,59)/b23-20-,26-24+. The van der Waals surface area contributed by atoms with Crippen LogP contribution in [0, 0.1) is 0 Å². The van der Waals surface area contributed by atoms with E-state index in [1.807, 2.05) is 0 Å². The Hall–Kier alpha value is -1.66. The second-order valence-corrected chi connectivity index (χ2v) is 18.6. The van der Waals surface area contributed by atoms with Crippen LogP contribution in [0.15, 0.2) is 24.3 Å². The molecule has 3 atom stereocenters. The normalized spacial score (nSPS) is 13.3. The van der Waals surface area contributed by atoms with Crippen molar-refractivity contribution in [3.05, 3.63) is 24.3 Å². The lowest BCUT2D eigenvalue weighted by atomic mass is 10.0. The van der Waals surface area contributed by atoms with Gasteiger partial charge in [0.05, 0.1) is 25.2 Å². The Morgan fingerprint density at radius 3 is 1.18 bits per heavy atom. The summed E-state index contributed by atoms with van der Waals surface area (Å²) in [5.74, 6) is -0.470. The third-order valence-electron chi connectivity index (χ3n) is 12.5. The fourth-order valence-electron chi connectivity index (χ4n) is 8.36. The molecule has 0 aliphatic rings. The molecule has 360 valence electrons. The van der Waals surface area contributed by atoms with Crippen LogP contribution in [-0.4, -0.2) is 46.9 Å². The van der Waals surface area contributed by atoms with Crippen molar-refractivity contribution in [2.45, 2.75) is 309 Å². The molecule has 0 aliphatic heterocycles. The summed E-state index contributed by atoms with van der Waals surface area (Å²) in [6, 6.07) is -0.699. The van der Waals surface area contributed by atoms with E-state index in [4.69, 9.17) is 4.74 Å². The minimum Gasteiger partial charge on any atom is -0.462 e. The fourth-order valence-corrected chi connectivity index (χ4v) is 8.36. The van der Waals surface area contributed by atoms with Gasteiger partial charge < -0.3 is 20.3 Å². The summed E-state index contributed by atoms with van der Waals surface area (Å²) in [6.45, 7) is 6.48. The number of allylic oxidation sites excluding steroid dienone is 4. The number of carbonyl (C=O) groups is 2. The molecule has 3 unspecified atom stereocenters. The second-order valence-electron chi connectivity index (χ2n) is 18.6. The lowest BCUT2D eigenvalue weighted by Crippen LogP contribution is -2.46. The minimum absolute atomic E-state index is 0.0770. The first-order valence-corrected chi connectivity index (χ1v) is 27.1. The largest absolute Gasteiger partial charge is 0.462 e. The van der Waals surface area contributed by atoms with Crippen LogP contribution in [0.4, 0.5) is 0 Å². The van der Waals surface area contributed by atoms with Gasteiger partial charge in [0.25, 0.3) is 0 Å². The summed E-state index contributed by atoms with van der Waals surface area (Å²) in [5, 5.41) is 23.7. The summed E-state index contributed by atoms with van der Waals surface area (Å²) in [4.78, 5) is 26.2. The van der Waals surface area contributed by atoms with Crippen LogP contribution in [-0.2, 0) is 14.3 Å². The molecule has 0 heterocycles. The molecule has 3 N–H and O–H groups in total. The van der Waals surface area contributed by atoms with Crippen LogP contribution >= 0.6 is 0 Å². The summed E-state index contributed by atoms with van der Waals surface area (Å²) >= 11 is 0. The van der Waals surface area contributed by atoms with Crippen molar-refractivity contribution in [1.29, 1.82) is 0 Å². The zero-order valence-electron chi connectivity index (χ0n) is 41.1. The van der Waals surface area contributed by atoms with Crippen molar-refractivity contribution >= 4 is 11.9 Å². The predicted molar refractivity (Wildman–Crippen MR) is 264 cm³/mol. The van der Waals surface area contributed by atoms with Crippen molar-refractivity contribution < 1.29 is 24.5 Å². The van der Waals surface area contributed by atoms with E-state index in [0.717, 1.165) is 57.8 Å². The summed E-state index contributed by atoms with van der Waals surface area (Å²) in [7, 11) is 0. The molecule has 0 aromatic rings. The van der Waals surface area contributed by atoms with Crippen LogP contribution in [0.3, 0.4) is 0 Å². The smallest absolute Gasteiger partial charge is 0.306 e. The van der Waals surface area contributed by atoms with Crippen LogP contribution in [0.25, 0.3) is 0 Å². The van der Waals surface area contributed by atoms with Crippen molar-refractivity contribution in [3.63, 3.8) is 0 Å². The molecule has 0 radical (unpaired) electrons. The molecule has 0 aromatic carbocycles. The maximum atomic E-state index is 13.2. The van der Waals surface area contributed by atoms with E-state index in [2.05, 4.69) is 50.4 Å². The maximum Gasteiger partial charge on any atom is 0.306 e. The van der Waals surface area contributed by atoms with Crippen LogP contribution in [0.1, 0.15) is 290 Å². The Kier molecular flexibility index (Phi) is 48.0. The molecule has 0 aliphatic carbocycles. The first-order valence-electron chi connectivity index (χ1n) is 27.1. The molecule has 6 heteroatoms. The topological polar surface area (TPSA) is 95.9 Å². The van der Waals surface area contributed by atoms with E-state index in [1.165, 1.54) is 186 Å². The third kappa shape index (κ3) is 44.7. The molecular formula is C55H105NO5. The summed E-state index contributed by atoms with van der Waals surface area (Å²) in [5.41, 5.74) is 0. The molecule has 0 aromatic heterocycles. The van der Waals surface area contributed by atoms with Gasteiger partial charge in [-0.3, -0.25) is 9.59 Å². The molecule has 0 saturated heterocycles. The number of esters is 1. The van der Waals surface area contributed by atoms with Crippen molar-refractivity contribution in [2.75, 3.05) is 6.61 Å². The number of aliphatic hydroxyl groups is 2. The van der Waals surface area contributed by atoms with Gasteiger partial charge in [-0.1, -0.05) is 225 Å². The number of nitrogens with one attached hydrogen (secondary N) is 1. The van der Waals surface area contributed by atoms with Gasteiger partial charge >= 0.3 is 5.97 Å². The Balaban J connectivity index is 4.56. The van der Waals surface area contributed by atoms with Gasteiger partial charge in [0.2, 0.25) is 5.91 Å². The first kappa shape index (κ1) is 59.3. The fraction of sp³-hybridized carbons (Fsp3) is 0.891. The van der Waals surface area contributed by atoms with Gasteiger partial charge in [0.15, 0.2) is 0 Å². The number of aliphatic hydroxyl groups excluding tert-OH is 2. The minimum atomic E-state index is -0.785. The summed E-state index contributed by atoms with van der Waals surface area (Å²) in [6.07, 6.45) is 56.7. The van der Waals surface area contributed by atoms with E-state index in [0.29, 0.717) is 19.3 Å². The number of amides is 1. The molecule has 0 fully saturated rings. The highest BCUT2D eigenvalue weighted by molar-refractivity contribution is 5.77. The molecular weight excluding hydrogens is 755 g/mol. The number of unbranched alkanes of at least 4 members (excludes halogenated alkanes) is 33. The molecule has 0 saturated carbocycles. The molecule has 1 amide bonds. The van der Waals surface area contributed by atoms with E-state index < -0.39 is 18.2 Å². The predicted octanol–water partition coefficient (Wildman–Crippen LogP) is 16.3. The number of rotatable bonds is 49. The van der Waals surface area contributed by atoms with E-state index in [-0.39, 0.29) is 24.9 Å². The van der Waals surface area contributed by atoms with Crippen LogP contribution in [0.2, 0.25) is 0 Å². The van der Waals surface area contributed by atoms with Gasteiger partial charge in [-0.25, -0.2) is 0 Å². The van der Waals surface area contributed by atoms with E-state index >= 15 is 0 Å². The lowest BCUT2D eigenvalue weighted by molar-refractivity contribution is -0.151. The third-order valence-corrected chi connectivity index (χ3v) is 12.5. The Labute approximate surface area is 380 Å². The highest BCUT2D eigenvalue weighted by Crippen LogP contribution is 2.18. The number of hydrogen-bond acceptors (Lipinski definition) is 5. The molecule has 0 bridgehead atoms. The monoisotopic (exact) mass is 860 g/mol. The Morgan fingerprint density at radius 2 is 0.787 bits per heavy atom. The highest BCUT2D eigenvalue weighted by Gasteiger charge is 2.24. The first-order chi connectivity index (χ1) is 30.0.